The third kappa shape index (κ3) is 2.11. The van der Waals surface area contributed by atoms with Crippen molar-refractivity contribution in [2.24, 2.45) is 0 Å². The van der Waals surface area contributed by atoms with Crippen molar-refractivity contribution in [3.8, 4) is 0 Å². The second-order valence-electron chi connectivity index (χ2n) is 5.91. The molecule has 0 heterocycles. The van der Waals surface area contributed by atoms with Crippen molar-refractivity contribution in [1.29, 1.82) is 0 Å². The van der Waals surface area contributed by atoms with Crippen LogP contribution in [-0.2, 0) is 0 Å². The molecule has 1 aromatic rings. The van der Waals surface area contributed by atoms with E-state index in [1.807, 2.05) is 13.8 Å². The zero-order valence-corrected chi connectivity index (χ0v) is 12.1. The molecule has 6 N–H and O–H groups in total. The molecule has 1 aliphatic carbocycles. The molecule has 1 saturated carbocycles. The minimum absolute atomic E-state index is 0.481. The summed E-state index contributed by atoms with van der Waals surface area (Å²) in [6, 6.07) is 5.18. The fourth-order valence-corrected chi connectivity index (χ4v) is 3.22. The molecule has 6 nitrogen and oxygen atoms in total. The number of benzene rings is 1. The van der Waals surface area contributed by atoms with Crippen LogP contribution in [0.2, 0.25) is 0 Å². The van der Waals surface area contributed by atoms with Crippen LogP contribution in [0.4, 0.5) is 0 Å². The lowest BCUT2D eigenvalue weighted by atomic mass is 9.51. The Morgan fingerprint density at radius 1 is 1.14 bits per heavy atom. The molecule has 0 amide bonds. The number of rotatable bonds is 4. The number of aliphatic hydroxyl groups excluding tert-OH is 4. The summed E-state index contributed by atoms with van der Waals surface area (Å²) >= 11 is 0. The summed E-state index contributed by atoms with van der Waals surface area (Å²) in [5, 5.41) is 59.3. The monoisotopic (exact) mass is 298 g/mol. The van der Waals surface area contributed by atoms with Gasteiger partial charge < -0.3 is 30.6 Å². The lowest BCUT2D eigenvalue weighted by molar-refractivity contribution is -0.327. The SMILES string of the molecule is Cc1ccc(C2[C@@](O)([C@H](O)CO)[C@H](O)[C@@]2(O)CO)cc1C. The van der Waals surface area contributed by atoms with Crippen molar-refractivity contribution < 1.29 is 30.6 Å². The molecule has 1 aliphatic rings. The molecule has 0 aliphatic heterocycles. The Morgan fingerprint density at radius 3 is 2.24 bits per heavy atom. The highest BCUT2D eigenvalue weighted by Gasteiger charge is 2.73. The van der Waals surface area contributed by atoms with Gasteiger partial charge >= 0.3 is 0 Å². The average Bonchev–Trinajstić information content (AvgIpc) is 2.48. The Bertz CT molecular complexity index is 533. The van der Waals surface area contributed by atoms with Gasteiger partial charge in [-0.1, -0.05) is 18.2 Å². The number of hydrogen-bond donors (Lipinski definition) is 6. The normalized spacial score (nSPS) is 37.1. The van der Waals surface area contributed by atoms with Crippen molar-refractivity contribution in [3.63, 3.8) is 0 Å². The van der Waals surface area contributed by atoms with Gasteiger partial charge in [0.2, 0.25) is 0 Å². The van der Waals surface area contributed by atoms with Crippen LogP contribution < -0.4 is 0 Å². The van der Waals surface area contributed by atoms with Gasteiger partial charge in [0.15, 0.2) is 0 Å². The minimum atomic E-state index is -2.12. The van der Waals surface area contributed by atoms with Gasteiger partial charge in [0.1, 0.15) is 23.4 Å². The Kier molecular flexibility index (Phi) is 4.14. The van der Waals surface area contributed by atoms with Crippen LogP contribution in [-0.4, -0.2) is 67.3 Å². The highest BCUT2D eigenvalue weighted by molar-refractivity contribution is 5.41. The Labute approximate surface area is 122 Å². The third-order valence-electron chi connectivity index (χ3n) is 4.70. The highest BCUT2D eigenvalue weighted by atomic mass is 16.4. The summed E-state index contributed by atoms with van der Waals surface area (Å²) in [6.45, 7) is 2.22. The molecule has 1 unspecified atom stereocenters. The van der Waals surface area contributed by atoms with E-state index in [-0.39, 0.29) is 0 Å². The van der Waals surface area contributed by atoms with Crippen molar-refractivity contribution in [3.05, 3.63) is 34.9 Å². The van der Waals surface area contributed by atoms with Crippen molar-refractivity contribution in [2.45, 2.75) is 43.2 Å². The number of hydrogen-bond acceptors (Lipinski definition) is 6. The van der Waals surface area contributed by atoms with Gasteiger partial charge in [0, 0.05) is 0 Å². The van der Waals surface area contributed by atoms with Crippen LogP contribution >= 0.6 is 0 Å². The quantitative estimate of drug-likeness (QED) is 0.405. The minimum Gasteiger partial charge on any atom is -0.394 e. The van der Waals surface area contributed by atoms with E-state index in [2.05, 4.69) is 0 Å². The van der Waals surface area contributed by atoms with Crippen LogP contribution in [0.15, 0.2) is 18.2 Å². The second kappa shape index (κ2) is 5.31. The second-order valence-corrected chi connectivity index (χ2v) is 5.91. The van der Waals surface area contributed by atoms with Gasteiger partial charge in [0.25, 0.3) is 0 Å². The highest BCUT2D eigenvalue weighted by Crippen LogP contribution is 2.55. The predicted molar refractivity (Wildman–Crippen MR) is 74.7 cm³/mol. The average molecular weight is 298 g/mol. The van der Waals surface area contributed by atoms with E-state index in [1.165, 1.54) is 0 Å². The van der Waals surface area contributed by atoms with Crippen LogP contribution in [0, 0.1) is 13.8 Å². The van der Waals surface area contributed by atoms with Crippen LogP contribution in [0.1, 0.15) is 22.6 Å². The van der Waals surface area contributed by atoms with E-state index in [4.69, 9.17) is 5.11 Å². The first kappa shape index (κ1) is 16.4. The summed E-state index contributed by atoms with van der Waals surface area (Å²) in [5.41, 5.74) is -1.68. The Balaban J connectivity index is 2.51. The molecular formula is C15H22O6. The molecule has 0 bridgehead atoms. The van der Waals surface area contributed by atoms with Gasteiger partial charge in [-0.3, -0.25) is 0 Å². The first-order valence-corrected chi connectivity index (χ1v) is 6.83. The lowest BCUT2D eigenvalue weighted by Gasteiger charge is -2.62. The lowest BCUT2D eigenvalue weighted by Crippen LogP contribution is -2.81. The molecule has 0 spiro atoms. The molecule has 0 radical (unpaired) electrons. The number of aryl methyl sites for hydroxylation is 2. The molecule has 5 atom stereocenters. The largest absolute Gasteiger partial charge is 0.394 e. The van der Waals surface area contributed by atoms with Gasteiger partial charge in [-0.2, -0.15) is 0 Å². The molecule has 6 heteroatoms. The topological polar surface area (TPSA) is 121 Å². The Morgan fingerprint density at radius 2 is 1.76 bits per heavy atom. The van der Waals surface area contributed by atoms with E-state index in [9.17, 15) is 25.5 Å². The van der Waals surface area contributed by atoms with E-state index in [0.29, 0.717) is 5.56 Å². The van der Waals surface area contributed by atoms with Gasteiger partial charge in [-0.25, -0.2) is 0 Å². The zero-order valence-electron chi connectivity index (χ0n) is 12.1. The molecule has 21 heavy (non-hydrogen) atoms. The molecule has 0 aromatic heterocycles. The smallest absolute Gasteiger partial charge is 0.131 e. The zero-order chi connectivity index (χ0) is 16.0. The molecular weight excluding hydrogens is 276 g/mol. The first-order chi connectivity index (χ1) is 9.73. The fraction of sp³-hybridized carbons (Fsp3) is 0.600. The van der Waals surface area contributed by atoms with E-state index >= 15 is 0 Å². The molecule has 118 valence electrons. The van der Waals surface area contributed by atoms with Crippen LogP contribution in [0.25, 0.3) is 0 Å². The van der Waals surface area contributed by atoms with Gasteiger partial charge in [-0.15, -0.1) is 0 Å². The van der Waals surface area contributed by atoms with Crippen LogP contribution in [0.5, 0.6) is 0 Å². The molecule has 1 aromatic carbocycles. The maximum absolute atomic E-state index is 10.6. The summed E-state index contributed by atoms with van der Waals surface area (Å²) in [4.78, 5) is 0. The van der Waals surface area contributed by atoms with Crippen LogP contribution in [0.3, 0.4) is 0 Å². The summed E-state index contributed by atoms with van der Waals surface area (Å²) in [5.74, 6) is -1.11. The van der Waals surface area contributed by atoms with E-state index in [0.717, 1.165) is 11.1 Å². The van der Waals surface area contributed by atoms with Crippen molar-refractivity contribution in [1.82, 2.24) is 0 Å². The maximum atomic E-state index is 10.6. The van der Waals surface area contributed by atoms with E-state index in [1.54, 1.807) is 18.2 Å². The third-order valence-corrected chi connectivity index (χ3v) is 4.70. The Hall–Kier alpha value is -1.02. The summed E-state index contributed by atoms with van der Waals surface area (Å²) < 4.78 is 0. The first-order valence-electron chi connectivity index (χ1n) is 6.83. The molecule has 0 saturated heterocycles. The standard InChI is InChI=1S/C15H22O6/c1-8-3-4-10(5-9(8)2)12-14(20,7-17)13(19)15(12,21)11(18)6-16/h3-5,11-13,16-21H,6-7H2,1-2H3/t11-,12?,13-,14-,15+/m1/s1. The van der Waals surface area contributed by atoms with Crippen molar-refractivity contribution >= 4 is 0 Å². The number of aliphatic hydroxyl groups is 6. The van der Waals surface area contributed by atoms with E-state index < -0.39 is 42.5 Å². The summed E-state index contributed by atoms with van der Waals surface area (Å²) in [7, 11) is 0. The van der Waals surface area contributed by atoms with Gasteiger partial charge in [0.05, 0.1) is 19.1 Å². The molecule has 2 rings (SSSR count). The maximum Gasteiger partial charge on any atom is 0.131 e. The fourth-order valence-electron chi connectivity index (χ4n) is 3.22. The predicted octanol–water partition coefficient (Wildman–Crippen LogP) is -1.43. The van der Waals surface area contributed by atoms with Crippen molar-refractivity contribution in [2.75, 3.05) is 13.2 Å². The summed E-state index contributed by atoms with van der Waals surface area (Å²) in [6.07, 6.45) is -3.39. The molecule has 1 fully saturated rings. The van der Waals surface area contributed by atoms with Gasteiger partial charge in [-0.05, 0) is 30.5 Å².